The van der Waals surface area contributed by atoms with Crippen LogP contribution in [0.4, 0.5) is 20.4 Å². The lowest BCUT2D eigenvalue weighted by Crippen LogP contribution is -2.37. The van der Waals surface area contributed by atoms with Gasteiger partial charge in [0.2, 0.25) is 0 Å². The first-order chi connectivity index (χ1) is 23.0. The Morgan fingerprint density at radius 2 is 1.92 bits per heavy atom. The van der Waals surface area contributed by atoms with E-state index in [4.69, 9.17) is 26.3 Å². The van der Waals surface area contributed by atoms with E-state index in [9.17, 15) is 4.79 Å². The van der Waals surface area contributed by atoms with Gasteiger partial charge in [-0.3, -0.25) is 9.69 Å². The van der Waals surface area contributed by atoms with Crippen LogP contribution >= 0.6 is 0 Å². The molecule has 0 spiro atoms. The normalized spacial score (nSPS) is 16.8. The number of carbonyl (C=O) groups is 1. The molecular weight excluding hydrogens is 612 g/mol. The van der Waals surface area contributed by atoms with Gasteiger partial charge in [0.25, 0.3) is 11.8 Å². The van der Waals surface area contributed by atoms with E-state index in [-0.39, 0.29) is 48.0 Å². The van der Waals surface area contributed by atoms with Crippen molar-refractivity contribution < 1.29 is 18.3 Å². The second-order valence-corrected chi connectivity index (χ2v) is 12.5. The number of amides is 1. The second-order valence-electron chi connectivity index (χ2n) is 12.5. The molecule has 11 heteroatoms. The van der Waals surface area contributed by atoms with E-state index in [0.717, 1.165) is 25.5 Å². The van der Waals surface area contributed by atoms with Crippen LogP contribution in [0.25, 0.3) is 0 Å². The predicted molar refractivity (Wildman–Crippen MR) is 190 cm³/mol. The number of benzene rings is 1. The lowest BCUT2D eigenvalue weighted by atomic mass is 9.80. The number of nitrogens with two attached hydrogens (primary N) is 1. The Kier molecular flexibility index (Phi) is 14.5. The maximum absolute atomic E-state index is 15.1. The Morgan fingerprint density at radius 3 is 2.46 bits per heavy atom. The number of rotatable bonds is 13. The van der Waals surface area contributed by atoms with Gasteiger partial charge in [-0.05, 0) is 92.7 Å². The number of alkyl halides is 2. The largest absolute Gasteiger partial charge is 0.381 e. The van der Waals surface area contributed by atoms with E-state index in [1.165, 1.54) is 30.4 Å². The molecule has 2 aromatic rings. The summed E-state index contributed by atoms with van der Waals surface area (Å²) < 4.78 is 35.6. The van der Waals surface area contributed by atoms with E-state index in [1.807, 2.05) is 39.8 Å². The number of ether oxygens (including phenoxy) is 1. The molecule has 6 N–H and O–H groups in total. The molecule has 1 amide bonds. The zero-order valence-electron chi connectivity index (χ0n) is 29.3. The summed E-state index contributed by atoms with van der Waals surface area (Å²) in [6.45, 7) is 12.7. The molecule has 1 saturated carbocycles. The maximum Gasteiger partial charge on any atom is 0.270 e. The number of halogens is 2. The van der Waals surface area contributed by atoms with Gasteiger partial charge in [0.1, 0.15) is 11.6 Å². The van der Waals surface area contributed by atoms with Gasteiger partial charge < -0.3 is 31.9 Å². The van der Waals surface area contributed by atoms with Crippen molar-refractivity contribution in [1.82, 2.24) is 10.3 Å². The van der Waals surface area contributed by atoms with Crippen LogP contribution in [0.3, 0.4) is 0 Å². The molecule has 2 atom stereocenters. The number of nitrogens with zero attached hydrogens (tertiary/aromatic N) is 2. The van der Waals surface area contributed by atoms with Crippen LogP contribution in [0.2, 0.25) is 0 Å². The van der Waals surface area contributed by atoms with E-state index < -0.39 is 5.92 Å². The molecule has 1 aromatic carbocycles. The average Bonchev–Trinajstić information content (AvgIpc) is 3.34. The average molecular weight is 666 g/mol. The van der Waals surface area contributed by atoms with Crippen molar-refractivity contribution in [2.45, 2.75) is 98.1 Å². The summed E-state index contributed by atoms with van der Waals surface area (Å²) >= 11 is 0. The summed E-state index contributed by atoms with van der Waals surface area (Å²) in [7, 11) is 0. The van der Waals surface area contributed by atoms with Gasteiger partial charge >= 0.3 is 0 Å². The Hall–Kier alpha value is -3.88. The second kappa shape index (κ2) is 18.0. The number of carbonyl (C=O) groups excluding carboxylic acids is 1. The molecule has 5 rings (SSSR count). The highest BCUT2D eigenvalue weighted by Gasteiger charge is 2.39. The summed E-state index contributed by atoms with van der Waals surface area (Å²) in [5.74, 6) is 0.637. The SMILES string of the molecule is CC.CC=N.CCCC(=N)C(c1cc(NCC#CN)nc(N2Cc3c(cc(C(C)NCC4CCC4)cc3C(C)(F)F)C2=O)c1)C1COC1. The van der Waals surface area contributed by atoms with Crippen molar-refractivity contribution in [2.75, 3.05) is 36.5 Å². The smallest absolute Gasteiger partial charge is 0.270 e. The Labute approximate surface area is 284 Å². The van der Waals surface area contributed by atoms with Crippen molar-refractivity contribution in [3.05, 3.63) is 52.1 Å². The third-order valence-electron chi connectivity index (χ3n) is 8.93. The van der Waals surface area contributed by atoms with Crippen molar-refractivity contribution >= 4 is 29.5 Å². The van der Waals surface area contributed by atoms with Gasteiger partial charge in [0, 0.05) is 47.7 Å². The van der Waals surface area contributed by atoms with Crippen molar-refractivity contribution in [2.24, 2.45) is 17.6 Å². The van der Waals surface area contributed by atoms with Crippen LogP contribution in [0.15, 0.2) is 24.3 Å². The summed E-state index contributed by atoms with van der Waals surface area (Å²) in [5.41, 5.74) is 7.93. The molecule has 2 aliphatic heterocycles. The van der Waals surface area contributed by atoms with E-state index in [1.54, 1.807) is 19.1 Å². The number of fused-ring (bicyclic) bond motifs is 1. The minimum atomic E-state index is -3.13. The van der Waals surface area contributed by atoms with Crippen molar-refractivity contribution in [3.8, 4) is 12.0 Å². The quantitative estimate of drug-likeness (QED) is 0.0860. The third kappa shape index (κ3) is 9.38. The van der Waals surface area contributed by atoms with Crippen LogP contribution in [-0.4, -0.2) is 49.1 Å². The topological polar surface area (TPSA) is 140 Å². The number of aromatic nitrogens is 1. The first-order valence-corrected chi connectivity index (χ1v) is 17.2. The molecule has 0 bridgehead atoms. The van der Waals surface area contributed by atoms with Crippen LogP contribution in [0.5, 0.6) is 0 Å². The number of anilines is 2. The highest BCUT2D eigenvalue weighted by atomic mass is 19.3. The van der Waals surface area contributed by atoms with Crippen LogP contribution in [0.1, 0.15) is 118 Å². The zero-order chi connectivity index (χ0) is 35.4. The summed E-state index contributed by atoms with van der Waals surface area (Å²) in [6.07, 6.45) is 6.33. The molecule has 48 heavy (non-hydrogen) atoms. The van der Waals surface area contributed by atoms with Gasteiger partial charge in [0.05, 0.1) is 26.3 Å². The summed E-state index contributed by atoms with van der Waals surface area (Å²) in [5, 5.41) is 21.6. The lowest BCUT2D eigenvalue weighted by molar-refractivity contribution is -0.0359. The third-order valence-corrected chi connectivity index (χ3v) is 8.93. The van der Waals surface area contributed by atoms with Gasteiger partial charge in [-0.2, -0.15) is 0 Å². The maximum atomic E-state index is 15.1. The van der Waals surface area contributed by atoms with Crippen LogP contribution in [-0.2, 0) is 17.2 Å². The monoisotopic (exact) mass is 665 g/mol. The van der Waals surface area contributed by atoms with Crippen molar-refractivity contribution in [3.63, 3.8) is 0 Å². The Morgan fingerprint density at radius 1 is 1.23 bits per heavy atom. The first kappa shape index (κ1) is 38.6. The Bertz CT molecular complexity index is 1470. The van der Waals surface area contributed by atoms with Crippen molar-refractivity contribution in [1.29, 1.82) is 10.8 Å². The molecule has 1 aromatic heterocycles. The molecule has 2 unspecified atom stereocenters. The summed E-state index contributed by atoms with van der Waals surface area (Å²) in [6, 6.07) is 9.20. The molecule has 262 valence electrons. The number of nitrogens with one attached hydrogen (secondary N) is 4. The minimum absolute atomic E-state index is 0.0147. The lowest BCUT2D eigenvalue weighted by Gasteiger charge is -2.35. The van der Waals surface area contributed by atoms with E-state index in [2.05, 4.69) is 22.6 Å². The molecule has 0 radical (unpaired) electrons. The molecule has 1 aliphatic carbocycles. The van der Waals surface area contributed by atoms with Gasteiger partial charge in [-0.1, -0.05) is 39.5 Å². The van der Waals surface area contributed by atoms with E-state index in [0.29, 0.717) is 54.0 Å². The molecule has 2 fully saturated rings. The van der Waals surface area contributed by atoms with Gasteiger partial charge in [-0.15, -0.1) is 0 Å². The standard InChI is InChI=1S/C33H42F2N6O2.C2H5N.C2H6/c1-4-7-28(37)31(24-18-43-19-24)23-14-29(38-11-6-10-36)40-30(15-23)41-17-26-25(32(41)42)12-22(13-27(26)33(3,34)35)20(2)39-16-21-8-5-9-21;1-2-3;1-2/h12-15,20-21,24,31,37,39H,4-5,7-9,11,16-19,36H2,1-3H3,(H,38,40);2-3H,1H3;1-2H3. The zero-order valence-corrected chi connectivity index (χ0v) is 29.3. The highest BCUT2D eigenvalue weighted by molar-refractivity contribution is 6.10. The fourth-order valence-corrected chi connectivity index (χ4v) is 6.18. The van der Waals surface area contributed by atoms with Crippen LogP contribution in [0, 0.1) is 34.6 Å². The number of hydrogen-bond acceptors (Lipinski definition) is 8. The molecule has 3 aliphatic rings. The fraction of sp³-hybridized carbons (Fsp3) is 0.568. The number of pyridine rings is 1. The molecule has 9 nitrogen and oxygen atoms in total. The summed E-state index contributed by atoms with van der Waals surface area (Å²) in [4.78, 5) is 20.1. The molecular formula is C37H53F2N7O2. The van der Waals surface area contributed by atoms with Gasteiger partial charge in [0.15, 0.2) is 0 Å². The van der Waals surface area contributed by atoms with E-state index >= 15 is 8.78 Å². The minimum Gasteiger partial charge on any atom is -0.381 e. The predicted octanol–water partition coefficient (Wildman–Crippen LogP) is 7.37. The number of hydrogen-bond donors (Lipinski definition) is 5. The molecule has 3 heterocycles. The molecule has 1 saturated heterocycles. The van der Waals surface area contributed by atoms with Gasteiger partial charge in [-0.25, -0.2) is 13.8 Å². The highest BCUT2D eigenvalue weighted by Crippen LogP contribution is 2.41. The Balaban J connectivity index is 0.00000118. The van der Waals surface area contributed by atoms with Crippen LogP contribution < -0.4 is 21.3 Å². The fourth-order valence-electron chi connectivity index (χ4n) is 6.18. The first-order valence-electron chi connectivity index (χ1n) is 17.2.